The van der Waals surface area contributed by atoms with Gasteiger partial charge >= 0.3 is 0 Å². The maximum atomic E-state index is 14.3. The number of hydrogen-bond donors (Lipinski definition) is 2. The third-order valence-corrected chi connectivity index (χ3v) is 9.54. The topological polar surface area (TPSA) is 131 Å². The fourth-order valence-corrected chi connectivity index (χ4v) is 7.81. The molecule has 10 nitrogen and oxygen atoms in total. The molecule has 0 bridgehead atoms. The molecule has 0 saturated carbocycles. The van der Waals surface area contributed by atoms with Crippen molar-refractivity contribution < 1.29 is 33.0 Å². The lowest BCUT2D eigenvalue weighted by Crippen LogP contribution is -2.49. The summed E-state index contributed by atoms with van der Waals surface area (Å²) in [5.41, 5.74) is 0.607. The number of benzene rings is 2. The minimum Gasteiger partial charge on any atom is -0.496 e. The summed E-state index contributed by atoms with van der Waals surface area (Å²) in [6.07, 6.45) is 0.182. The van der Waals surface area contributed by atoms with Crippen LogP contribution in [0.2, 0.25) is 0 Å². The molecule has 41 heavy (non-hydrogen) atoms. The number of nitrogens with one attached hydrogen (secondary N) is 2. The van der Waals surface area contributed by atoms with Gasteiger partial charge in [-0.15, -0.1) is 0 Å². The maximum absolute atomic E-state index is 14.3. The highest BCUT2D eigenvalue weighted by Crippen LogP contribution is 2.51. The van der Waals surface area contributed by atoms with Crippen molar-refractivity contribution in [1.82, 2.24) is 15.5 Å². The van der Waals surface area contributed by atoms with Crippen LogP contribution in [-0.4, -0.2) is 67.8 Å². The Balaban J connectivity index is 1.93. The molecule has 3 rings (SSSR count). The number of carbonyl (C=O) groups is 4. The smallest absolute Gasteiger partial charge is 0.261 e. The standard InChI is InChI=1S/C30H42N3O7P/c1-8-40-41(38,16-20(14-18(2)3)27(34)32-24(15-19(4)5)28(35)31-6)17-33-29(36)22-11-9-10-21-25(39-7)13-12-23(26(21)22)30(33)37/h9-13,18-20,24H,8,14-17H2,1-7H3,(H,31,35)(H,32,34)/t20?,24-,41?/m0/s1. The molecule has 2 unspecified atom stereocenters. The predicted octanol–water partition coefficient (Wildman–Crippen LogP) is 4.66. The third kappa shape index (κ3) is 7.35. The quantitative estimate of drug-likeness (QED) is 0.243. The lowest BCUT2D eigenvalue weighted by atomic mass is 9.94. The van der Waals surface area contributed by atoms with E-state index in [9.17, 15) is 23.7 Å². The van der Waals surface area contributed by atoms with E-state index in [1.165, 1.54) is 14.2 Å². The molecule has 1 aliphatic heterocycles. The van der Waals surface area contributed by atoms with E-state index in [-0.39, 0.29) is 30.5 Å². The number of nitrogens with zero attached hydrogens (tertiary/aromatic N) is 1. The molecule has 224 valence electrons. The highest BCUT2D eigenvalue weighted by Gasteiger charge is 2.41. The largest absolute Gasteiger partial charge is 0.496 e. The molecule has 0 radical (unpaired) electrons. The number of hydrogen-bond acceptors (Lipinski definition) is 7. The first-order valence-corrected chi connectivity index (χ1v) is 16.1. The Morgan fingerprint density at radius 3 is 2.15 bits per heavy atom. The zero-order valence-corrected chi connectivity index (χ0v) is 25.9. The average molecular weight is 588 g/mol. The van der Waals surface area contributed by atoms with Crippen LogP contribution in [0, 0.1) is 17.8 Å². The zero-order chi connectivity index (χ0) is 30.5. The van der Waals surface area contributed by atoms with E-state index in [0.29, 0.717) is 40.5 Å². The van der Waals surface area contributed by atoms with E-state index in [1.807, 2.05) is 27.7 Å². The van der Waals surface area contributed by atoms with Crippen molar-refractivity contribution in [2.75, 3.05) is 33.2 Å². The van der Waals surface area contributed by atoms with Crippen LogP contribution in [0.3, 0.4) is 0 Å². The molecular formula is C30H42N3O7P. The van der Waals surface area contributed by atoms with Gasteiger partial charge in [0, 0.05) is 41.0 Å². The molecule has 2 N–H and O–H groups in total. The number of rotatable bonds is 14. The molecule has 0 aromatic heterocycles. The van der Waals surface area contributed by atoms with Gasteiger partial charge in [0.15, 0.2) is 0 Å². The first-order chi connectivity index (χ1) is 19.3. The second-order valence-corrected chi connectivity index (χ2v) is 13.8. The number of methoxy groups -OCH3 is 1. The summed E-state index contributed by atoms with van der Waals surface area (Å²) in [6, 6.07) is 7.64. The first-order valence-electron chi connectivity index (χ1n) is 14.1. The van der Waals surface area contributed by atoms with Crippen molar-refractivity contribution in [1.29, 1.82) is 0 Å². The Morgan fingerprint density at radius 2 is 1.59 bits per heavy atom. The Bertz CT molecular complexity index is 1330. The van der Waals surface area contributed by atoms with Gasteiger partial charge in [-0.25, -0.2) is 0 Å². The van der Waals surface area contributed by atoms with Gasteiger partial charge in [0.25, 0.3) is 11.8 Å². The maximum Gasteiger partial charge on any atom is 0.261 e. The normalized spacial score (nSPS) is 16.1. The lowest BCUT2D eigenvalue weighted by Gasteiger charge is -2.32. The highest BCUT2D eigenvalue weighted by atomic mass is 31.2. The van der Waals surface area contributed by atoms with Crippen molar-refractivity contribution in [3.05, 3.63) is 41.5 Å². The fourth-order valence-electron chi connectivity index (χ4n) is 5.36. The molecule has 1 aliphatic rings. The molecule has 0 aliphatic carbocycles. The van der Waals surface area contributed by atoms with E-state index in [0.717, 1.165) is 4.90 Å². The second kappa shape index (κ2) is 13.6. The van der Waals surface area contributed by atoms with Gasteiger partial charge in [-0.1, -0.05) is 39.8 Å². The van der Waals surface area contributed by atoms with Gasteiger partial charge in [0.2, 0.25) is 19.2 Å². The van der Waals surface area contributed by atoms with E-state index in [2.05, 4.69) is 10.6 Å². The van der Waals surface area contributed by atoms with Crippen LogP contribution in [-0.2, 0) is 18.7 Å². The molecule has 0 saturated heterocycles. The van der Waals surface area contributed by atoms with Crippen molar-refractivity contribution in [2.45, 2.75) is 53.5 Å². The lowest BCUT2D eigenvalue weighted by molar-refractivity contribution is -0.131. The number of imide groups is 1. The summed E-state index contributed by atoms with van der Waals surface area (Å²) in [4.78, 5) is 54.2. The molecule has 1 heterocycles. The number of amides is 4. The summed E-state index contributed by atoms with van der Waals surface area (Å²) < 4.78 is 25.5. The van der Waals surface area contributed by atoms with Crippen molar-refractivity contribution in [3.63, 3.8) is 0 Å². The van der Waals surface area contributed by atoms with E-state index in [4.69, 9.17) is 9.26 Å². The van der Waals surface area contributed by atoms with Gasteiger partial charge in [-0.05, 0) is 49.8 Å². The molecular weight excluding hydrogens is 545 g/mol. The monoisotopic (exact) mass is 587 g/mol. The SMILES string of the molecule is CCOP(=O)(CC(CC(C)C)C(=O)N[C@@H](CC(C)C)C(=O)NC)CN1C(=O)c2cccc3c(OC)ccc(c23)C1=O. The van der Waals surface area contributed by atoms with Gasteiger partial charge in [0.05, 0.1) is 13.7 Å². The molecule has 3 atom stereocenters. The van der Waals surface area contributed by atoms with Crippen LogP contribution in [0.1, 0.15) is 68.2 Å². The van der Waals surface area contributed by atoms with E-state index >= 15 is 0 Å². The molecule has 2 aromatic rings. The first kappa shape index (κ1) is 32.3. The highest BCUT2D eigenvalue weighted by molar-refractivity contribution is 7.59. The molecule has 11 heteroatoms. The Labute approximate surface area is 242 Å². The number of carbonyl (C=O) groups excluding carboxylic acids is 4. The van der Waals surface area contributed by atoms with Gasteiger partial charge < -0.3 is 19.9 Å². The van der Waals surface area contributed by atoms with Gasteiger partial charge in [-0.3, -0.25) is 28.6 Å². The Morgan fingerprint density at radius 1 is 0.951 bits per heavy atom. The third-order valence-electron chi connectivity index (χ3n) is 7.10. The van der Waals surface area contributed by atoms with Gasteiger partial charge in [0.1, 0.15) is 18.1 Å². The minimum atomic E-state index is -3.74. The number of ether oxygens (including phenoxy) is 1. The average Bonchev–Trinajstić information content (AvgIpc) is 2.92. The summed E-state index contributed by atoms with van der Waals surface area (Å²) in [7, 11) is -0.705. The minimum absolute atomic E-state index is 0.0705. The molecule has 4 amide bonds. The van der Waals surface area contributed by atoms with Crippen LogP contribution >= 0.6 is 7.37 Å². The Kier molecular flexibility index (Phi) is 10.7. The van der Waals surface area contributed by atoms with Crippen LogP contribution < -0.4 is 15.4 Å². The summed E-state index contributed by atoms with van der Waals surface area (Å²) >= 11 is 0. The van der Waals surface area contributed by atoms with Crippen LogP contribution in [0.5, 0.6) is 5.75 Å². The fraction of sp³-hybridized carbons (Fsp3) is 0.533. The van der Waals surface area contributed by atoms with E-state index in [1.54, 1.807) is 37.3 Å². The van der Waals surface area contributed by atoms with Crippen molar-refractivity contribution in [3.8, 4) is 5.75 Å². The van der Waals surface area contributed by atoms with Crippen molar-refractivity contribution >= 4 is 41.8 Å². The molecule has 2 aromatic carbocycles. The van der Waals surface area contributed by atoms with E-state index < -0.39 is 43.3 Å². The number of likely N-dealkylation sites (N-methyl/N-ethyl adjacent to an activating group) is 1. The predicted molar refractivity (Wildman–Crippen MR) is 158 cm³/mol. The summed E-state index contributed by atoms with van der Waals surface area (Å²) in [5, 5.41) is 6.56. The van der Waals surface area contributed by atoms with Crippen LogP contribution in [0.15, 0.2) is 30.3 Å². The molecule has 0 fully saturated rings. The van der Waals surface area contributed by atoms with Crippen LogP contribution in [0.4, 0.5) is 0 Å². The van der Waals surface area contributed by atoms with Crippen LogP contribution in [0.25, 0.3) is 10.8 Å². The Hall–Kier alpha value is -3.23. The zero-order valence-electron chi connectivity index (χ0n) is 25.0. The molecule has 0 spiro atoms. The second-order valence-electron chi connectivity index (χ2n) is 11.3. The van der Waals surface area contributed by atoms with Gasteiger partial charge in [-0.2, -0.15) is 0 Å². The summed E-state index contributed by atoms with van der Waals surface area (Å²) in [6.45, 7) is 9.55. The summed E-state index contributed by atoms with van der Waals surface area (Å²) in [5.74, 6) is -1.88. The van der Waals surface area contributed by atoms with Crippen molar-refractivity contribution in [2.24, 2.45) is 17.8 Å².